The third-order valence-electron chi connectivity index (χ3n) is 2.30. The molecule has 1 heterocycles. The zero-order chi connectivity index (χ0) is 13.9. The number of hydrogen-bond donors (Lipinski definition) is 2. The highest BCUT2D eigenvalue weighted by atomic mass is 32.2. The molecule has 1 aromatic heterocycles. The Hall–Kier alpha value is -2.41. The topological polar surface area (TPSA) is 96.4 Å². The lowest BCUT2D eigenvalue weighted by Crippen LogP contribution is -2.14. The van der Waals surface area contributed by atoms with E-state index in [0.29, 0.717) is 5.69 Å². The summed E-state index contributed by atoms with van der Waals surface area (Å²) in [7, 11) is -3.85. The largest absolute Gasteiger partial charge is 0.478 e. The molecule has 98 valence electrons. The minimum absolute atomic E-state index is 0.184. The van der Waals surface area contributed by atoms with E-state index in [1.165, 1.54) is 0 Å². The maximum Gasteiger partial charge on any atom is 0.337 e. The predicted octanol–water partition coefficient (Wildman–Crippen LogP) is 1.58. The minimum atomic E-state index is -3.85. The number of rotatable bonds is 4. The molecule has 0 radical (unpaired) electrons. The van der Waals surface area contributed by atoms with Gasteiger partial charge in [-0.15, -0.1) is 0 Å². The molecule has 2 N–H and O–H groups in total. The molecule has 0 saturated carbocycles. The highest BCUT2D eigenvalue weighted by Crippen LogP contribution is 2.15. The third kappa shape index (κ3) is 3.08. The summed E-state index contributed by atoms with van der Waals surface area (Å²) >= 11 is 0. The molecule has 2 aromatic rings. The van der Waals surface area contributed by atoms with Gasteiger partial charge in [-0.05, 0) is 18.2 Å². The Kier molecular flexibility index (Phi) is 3.48. The van der Waals surface area contributed by atoms with E-state index < -0.39 is 16.0 Å². The molecule has 7 heteroatoms. The molecule has 0 unspecified atom stereocenters. The van der Waals surface area contributed by atoms with Crippen molar-refractivity contribution in [1.29, 1.82) is 0 Å². The van der Waals surface area contributed by atoms with Crippen molar-refractivity contribution >= 4 is 21.7 Å². The molecule has 19 heavy (non-hydrogen) atoms. The van der Waals surface area contributed by atoms with Crippen molar-refractivity contribution in [2.24, 2.45) is 0 Å². The van der Waals surface area contributed by atoms with Crippen LogP contribution in [0, 0.1) is 0 Å². The first-order chi connectivity index (χ1) is 8.99. The van der Waals surface area contributed by atoms with Crippen molar-refractivity contribution in [3.8, 4) is 0 Å². The van der Waals surface area contributed by atoms with Crippen molar-refractivity contribution in [3.05, 3.63) is 54.4 Å². The van der Waals surface area contributed by atoms with Gasteiger partial charge in [-0.3, -0.25) is 9.71 Å². The van der Waals surface area contributed by atoms with Gasteiger partial charge in [0, 0.05) is 18.1 Å². The van der Waals surface area contributed by atoms with Crippen molar-refractivity contribution in [1.82, 2.24) is 4.98 Å². The second-order valence-electron chi connectivity index (χ2n) is 3.69. The quantitative estimate of drug-likeness (QED) is 0.885. The number of carboxylic acid groups (broad SMARTS) is 1. The monoisotopic (exact) mass is 278 g/mol. The van der Waals surface area contributed by atoms with Gasteiger partial charge in [0.1, 0.15) is 4.90 Å². The van der Waals surface area contributed by atoms with Crippen LogP contribution in [0.4, 0.5) is 5.69 Å². The number of pyridine rings is 1. The second kappa shape index (κ2) is 5.07. The van der Waals surface area contributed by atoms with E-state index >= 15 is 0 Å². The molecule has 0 aliphatic carbocycles. The molecule has 0 atom stereocenters. The number of nitrogens with one attached hydrogen (secondary N) is 1. The van der Waals surface area contributed by atoms with E-state index in [2.05, 4.69) is 9.71 Å². The molecule has 6 nitrogen and oxygen atoms in total. The van der Waals surface area contributed by atoms with Crippen LogP contribution < -0.4 is 4.72 Å². The molecule has 1 aromatic carbocycles. The summed E-state index contributed by atoms with van der Waals surface area (Å²) in [4.78, 5) is 14.2. The lowest BCUT2D eigenvalue weighted by atomic mass is 10.3. The van der Waals surface area contributed by atoms with E-state index in [1.807, 2.05) is 0 Å². The van der Waals surface area contributed by atoms with E-state index in [1.54, 1.807) is 30.3 Å². The van der Waals surface area contributed by atoms with Gasteiger partial charge >= 0.3 is 5.97 Å². The van der Waals surface area contributed by atoms with Crippen LogP contribution in [0.1, 0.15) is 10.4 Å². The SMILES string of the molecule is O=C(O)c1cncc(S(=O)(=O)Nc2ccccc2)c1. The number of aromatic nitrogens is 1. The van der Waals surface area contributed by atoms with Gasteiger partial charge in [-0.1, -0.05) is 18.2 Å². The van der Waals surface area contributed by atoms with Crippen molar-refractivity contribution in [2.45, 2.75) is 4.90 Å². The number of benzene rings is 1. The molecule has 2 rings (SSSR count). The predicted molar refractivity (Wildman–Crippen MR) is 68.4 cm³/mol. The van der Waals surface area contributed by atoms with Crippen molar-refractivity contribution in [2.75, 3.05) is 4.72 Å². The maximum absolute atomic E-state index is 12.0. The molecule has 0 aliphatic rings. The number of aromatic carboxylic acids is 1. The highest BCUT2D eigenvalue weighted by Gasteiger charge is 2.16. The number of carboxylic acids is 1. The zero-order valence-electron chi connectivity index (χ0n) is 9.65. The first kappa shape index (κ1) is 13.0. The van der Waals surface area contributed by atoms with Crippen LogP contribution in [0.5, 0.6) is 0 Å². The Labute approximate surface area is 109 Å². The first-order valence-electron chi connectivity index (χ1n) is 5.25. The van der Waals surface area contributed by atoms with Gasteiger partial charge in [0.05, 0.1) is 5.56 Å². The Morgan fingerprint density at radius 2 is 1.84 bits per heavy atom. The standard InChI is InChI=1S/C12H10N2O4S/c15-12(16)9-6-11(8-13-7-9)19(17,18)14-10-4-2-1-3-5-10/h1-8,14H,(H,15,16). The molecule has 0 fully saturated rings. The average Bonchev–Trinajstić information content (AvgIpc) is 2.39. The number of hydrogen-bond acceptors (Lipinski definition) is 4. The van der Waals surface area contributed by atoms with Crippen LogP contribution in [0.15, 0.2) is 53.7 Å². The minimum Gasteiger partial charge on any atom is -0.478 e. The van der Waals surface area contributed by atoms with E-state index in [-0.39, 0.29) is 10.5 Å². The number of nitrogens with zero attached hydrogens (tertiary/aromatic N) is 1. The normalized spacial score (nSPS) is 10.9. The Bertz CT molecular complexity index is 699. The van der Waals surface area contributed by atoms with Gasteiger partial charge < -0.3 is 5.11 Å². The van der Waals surface area contributed by atoms with Crippen LogP contribution in [0.25, 0.3) is 0 Å². The van der Waals surface area contributed by atoms with Gasteiger partial charge in [-0.2, -0.15) is 0 Å². The van der Waals surface area contributed by atoms with Crippen molar-refractivity contribution in [3.63, 3.8) is 0 Å². The summed E-state index contributed by atoms with van der Waals surface area (Å²) in [6, 6.07) is 9.36. The van der Waals surface area contributed by atoms with Crippen molar-refractivity contribution < 1.29 is 18.3 Å². The number of carbonyl (C=O) groups is 1. The smallest absolute Gasteiger partial charge is 0.337 e. The number of para-hydroxylation sites is 1. The van der Waals surface area contributed by atoms with E-state index in [4.69, 9.17) is 5.11 Å². The Balaban J connectivity index is 2.35. The van der Waals surface area contributed by atoms with Crippen LogP contribution in [0.3, 0.4) is 0 Å². The van der Waals surface area contributed by atoms with Gasteiger partial charge in [0.2, 0.25) is 0 Å². The summed E-state index contributed by atoms with van der Waals surface area (Å²) in [6.45, 7) is 0. The fourth-order valence-electron chi connectivity index (χ4n) is 1.40. The molecule has 0 bridgehead atoms. The van der Waals surface area contributed by atoms with Crippen LogP contribution in [-0.2, 0) is 10.0 Å². The van der Waals surface area contributed by atoms with Crippen LogP contribution in [-0.4, -0.2) is 24.5 Å². The number of sulfonamides is 1. The summed E-state index contributed by atoms with van der Waals surface area (Å²) < 4.78 is 26.4. The Morgan fingerprint density at radius 1 is 1.16 bits per heavy atom. The maximum atomic E-state index is 12.0. The van der Waals surface area contributed by atoms with Crippen LogP contribution >= 0.6 is 0 Å². The second-order valence-corrected chi connectivity index (χ2v) is 5.37. The molecule has 0 amide bonds. The fourth-order valence-corrected chi connectivity index (χ4v) is 2.45. The van der Waals surface area contributed by atoms with E-state index in [9.17, 15) is 13.2 Å². The summed E-state index contributed by atoms with van der Waals surface area (Å²) in [5.41, 5.74) is 0.208. The van der Waals surface area contributed by atoms with Crippen LogP contribution in [0.2, 0.25) is 0 Å². The summed E-state index contributed by atoms with van der Waals surface area (Å²) in [6.07, 6.45) is 2.18. The van der Waals surface area contributed by atoms with Gasteiger partial charge in [-0.25, -0.2) is 13.2 Å². The first-order valence-corrected chi connectivity index (χ1v) is 6.73. The highest BCUT2D eigenvalue weighted by molar-refractivity contribution is 7.92. The Morgan fingerprint density at radius 3 is 2.47 bits per heavy atom. The zero-order valence-corrected chi connectivity index (χ0v) is 10.5. The molecule has 0 saturated heterocycles. The summed E-state index contributed by atoms with van der Waals surface area (Å²) in [5.74, 6) is -1.23. The lowest BCUT2D eigenvalue weighted by molar-refractivity contribution is 0.0696. The van der Waals surface area contributed by atoms with Gasteiger partial charge in [0.15, 0.2) is 0 Å². The molecule has 0 aliphatic heterocycles. The number of anilines is 1. The molecule has 0 spiro atoms. The van der Waals surface area contributed by atoms with E-state index in [0.717, 1.165) is 18.5 Å². The lowest BCUT2D eigenvalue weighted by Gasteiger charge is -2.07. The average molecular weight is 278 g/mol. The molecular weight excluding hydrogens is 268 g/mol. The third-order valence-corrected chi connectivity index (χ3v) is 3.64. The summed E-state index contributed by atoms with van der Waals surface area (Å²) in [5, 5.41) is 8.81. The van der Waals surface area contributed by atoms with Gasteiger partial charge in [0.25, 0.3) is 10.0 Å². The molecular formula is C12H10N2O4S. The fraction of sp³-hybridized carbons (Fsp3) is 0.